The third kappa shape index (κ3) is 3.75. The number of carboxylic acids is 1. The number of hydrogen-bond acceptors (Lipinski definition) is 4. The van der Waals surface area contributed by atoms with Crippen molar-refractivity contribution in [2.75, 3.05) is 20.2 Å². The summed E-state index contributed by atoms with van der Waals surface area (Å²) in [7, 11) is 3.37. The zero-order valence-corrected chi connectivity index (χ0v) is 13.8. The van der Waals surface area contributed by atoms with Gasteiger partial charge in [0.2, 0.25) is 5.88 Å². The molecule has 0 bridgehead atoms. The fourth-order valence-electron chi connectivity index (χ4n) is 2.96. The number of amides is 2. The lowest BCUT2D eigenvalue weighted by Crippen LogP contribution is -2.46. The van der Waals surface area contributed by atoms with Crippen LogP contribution in [0.25, 0.3) is 0 Å². The minimum Gasteiger partial charge on any atom is -0.481 e. The maximum absolute atomic E-state index is 12.3. The maximum Gasteiger partial charge on any atom is 0.317 e. The summed E-state index contributed by atoms with van der Waals surface area (Å²) in [5.41, 5.74) is 1.74. The summed E-state index contributed by atoms with van der Waals surface area (Å²) in [6.45, 7) is 3.15. The summed E-state index contributed by atoms with van der Waals surface area (Å²) in [5.74, 6) is -0.692. The quantitative estimate of drug-likeness (QED) is 0.842. The number of carboxylic acid groups (broad SMARTS) is 1. The van der Waals surface area contributed by atoms with Gasteiger partial charge in [-0.25, -0.2) is 9.48 Å². The zero-order valence-electron chi connectivity index (χ0n) is 13.8. The molecule has 0 radical (unpaired) electrons. The Morgan fingerprint density at radius 3 is 2.83 bits per heavy atom. The van der Waals surface area contributed by atoms with Gasteiger partial charge in [0.1, 0.15) is 0 Å². The van der Waals surface area contributed by atoms with Gasteiger partial charge in [-0.15, -0.1) is 0 Å². The van der Waals surface area contributed by atoms with Crippen molar-refractivity contribution in [1.82, 2.24) is 20.0 Å². The molecule has 8 nitrogen and oxygen atoms in total. The highest BCUT2D eigenvalue weighted by Gasteiger charge is 2.28. The van der Waals surface area contributed by atoms with Crippen LogP contribution >= 0.6 is 0 Å². The predicted octanol–water partition coefficient (Wildman–Crippen LogP) is 0.997. The Labute approximate surface area is 135 Å². The van der Waals surface area contributed by atoms with Crippen molar-refractivity contribution in [1.29, 1.82) is 0 Å². The van der Waals surface area contributed by atoms with Gasteiger partial charge >= 0.3 is 12.0 Å². The van der Waals surface area contributed by atoms with Crippen LogP contribution in [-0.4, -0.2) is 52.0 Å². The number of aromatic nitrogens is 2. The van der Waals surface area contributed by atoms with Crippen molar-refractivity contribution in [3.8, 4) is 5.88 Å². The Hall–Kier alpha value is -2.25. The average molecular weight is 324 g/mol. The minimum atomic E-state index is -0.843. The van der Waals surface area contributed by atoms with Crippen molar-refractivity contribution >= 4 is 12.0 Å². The molecule has 1 unspecified atom stereocenters. The van der Waals surface area contributed by atoms with Gasteiger partial charge in [-0.3, -0.25) is 4.79 Å². The Balaban J connectivity index is 2.00. The second-order valence-corrected chi connectivity index (χ2v) is 5.69. The molecular formula is C15H24N4O4. The van der Waals surface area contributed by atoms with E-state index in [-0.39, 0.29) is 12.6 Å². The maximum atomic E-state index is 12.3. The molecule has 1 aliphatic rings. The van der Waals surface area contributed by atoms with E-state index in [2.05, 4.69) is 10.4 Å². The normalized spacial score (nSPS) is 17.9. The van der Waals surface area contributed by atoms with Crippen molar-refractivity contribution < 1.29 is 19.4 Å². The van der Waals surface area contributed by atoms with E-state index < -0.39 is 11.9 Å². The van der Waals surface area contributed by atoms with Gasteiger partial charge in [-0.2, -0.15) is 5.10 Å². The molecule has 1 fully saturated rings. The molecule has 0 aliphatic carbocycles. The molecule has 1 aromatic heterocycles. The third-order valence-electron chi connectivity index (χ3n) is 4.17. The second kappa shape index (κ2) is 7.34. The Morgan fingerprint density at radius 2 is 2.22 bits per heavy atom. The standard InChI is InChI=1S/C15H24N4O4/c1-4-12-11(13(23-3)18(2)17-12)8-16-15(22)19-7-5-6-10(9-19)14(20)21/h10H,4-9H2,1-3H3,(H,16,22)(H,20,21). The summed E-state index contributed by atoms with van der Waals surface area (Å²) >= 11 is 0. The van der Waals surface area contributed by atoms with E-state index in [1.807, 2.05) is 6.92 Å². The first kappa shape index (κ1) is 17.1. The SMILES string of the molecule is CCc1nn(C)c(OC)c1CNC(=O)N1CCCC(C(=O)O)C1. The van der Waals surface area contributed by atoms with Gasteiger partial charge in [0.05, 0.1) is 30.8 Å². The molecule has 2 heterocycles. The van der Waals surface area contributed by atoms with Gasteiger partial charge in [0.15, 0.2) is 0 Å². The molecule has 1 atom stereocenters. The second-order valence-electron chi connectivity index (χ2n) is 5.69. The Bertz CT molecular complexity index is 584. The predicted molar refractivity (Wildman–Crippen MR) is 83.3 cm³/mol. The molecule has 1 aliphatic heterocycles. The number of nitrogens with zero attached hydrogens (tertiary/aromatic N) is 3. The van der Waals surface area contributed by atoms with Gasteiger partial charge in [-0.1, -0.05) is 6.92 Å². The number of piperidine rings is 1. The lowest BCUT2D eigenvalue weighted by Gasteiger charge is -2.30. The number of hydrogen-bond donors (Lipinski definition) is 2. The largest absolute Gasteiger partial charge is 0.481 e. The smallest absolute Gasteiger partial charge is 0.317 e. The number of methoxy groups -OCH3 is 1. The topological polar surface area (TPSA) is 96.7 Å². The number of likely N-dealkylation sites (tertiary alicyclic amines) is 1. The van der Waals surface area contributed by atoms with Crippen LogP contribution in [0, 0.1) is 5.92 Å². The van der Waals surface area contributed by atoms with Gasteiger partial charge in [0.25, 0.3) is 0 Å². The monoisotopic (exact) mass is 324 g/mol. The van der Waals surface area contributed by atoms with Crippen LogP contribution in [0.2, 0.25) is 0 Å². The van der Waals surface area contributed by atoms with E-state index in [1.165, 1.54) is 0 Å². The molecule has 8 heteroatoms. The highest BCUT2D eigenvalue weighted by molar-refractivity contribution is 5.76. The Morgan fingerprint density at radius 1 is 1.48 bits per heavy atom. The highest BCUT2D eigenvalue weighted by atomic mass is 16.5. The summed E-state index contributed by atoms with van der Waals surface area (Å²) in [5, 5.41) is 16.3. The van der Waals surface area contributed by atoms with Crippen LogP contribution < -0.4 is 10.1 Å². The van der Waals surface area contributed by atoms with Crippen molar-refractivity contribution in [3.05, 3.63) is 11.3 Å². The summed E-state index contributed by atoms with van der Waals surface area (Å²) < 4.78 is 7.00. The number of aliphatic carboxylic acids is 1. The number of urea groups is 1. The van der Waals surface area contributed by atoms with Crippen LogP contribution in [0.5, 0.6) is 5.88 Å². The lowest BCUT2D eigenvalue weighted by atomic mass is 9.99. The van der Waals surface area contributed by atoms with Crippen molar-refractivity contribution in [2.24, 2.45) is 13.0 Å². The molecule has 23 heavy (non-hydrogen) atoms. The lowest BCUT2D eigenvalue weighted by molar-refractivity contribution is -0.143. The molecule has 1 saturated heterocycles. The molecule has 2 amide bonds. The van der Waals surface area contributed by atoms with E-state index in [4.69, 9.17) is 9.84 Å². The number of rotatable bonds is 5. The molecule has 2 rings (SSSR count). The molecule has 0 saturated carbocycles. The van der Waals surface area contributed by atoms with Gasteiger partial charge < -0.3 is 20.1 Å². The zero-order chi connectivity index (χ0) is 17.0. The molecular weight excluding hydrogens is 300 g/mol. The summed E-state index contributed by atoms with van der Waals surface area (Å²) in [4.78, 5) is 25.0. The fraction of sp³-hybridized carbons (Fsp3) is 0.667. The van der Waals surface area contributed by atoms with Crippen LogP contribution in [-0.2, 0) is 24.8 Å². The highest BCUT2D eigenvalue weighted by Crippen LogP contribution is 2.22. The first-order chi connectivity index (χ1) is 11.0. The molecule has 1 aromatic rings. The number of aryl methyl sites for hydroxylation is 2. The van der Waals surface area contributed by atoms with Crippen molar-refractivity contribution in [2.45, 2.75) is 32.7 Å². The van der Waals surface area contributed by atoms with E-state index >= 15 is 0 Å². The molecule has 0 aromatic carbocycles. The van der Waals surface area contributed by atoms with Gasteiger partial charge in [-0.05, 0) is 19.3 Å². The molecule has 2 N–H and O–H groups in total. The van der Waals surface area contributed by atoms with Crippen molar-refractivity contribution in [3.63, 3.8) is 0 Å². The van der Waals surface area contributed by atoms with E-state index in [0.29, 0.717) is 31.8 Å². The summed E-state index contributed by atoms with van der Waals surface area (Å²) in [6.07, 6.45) is 2.07. The van der Waals surface area contributed by atoms with E-state index in [9.17, 15) is 9.59 Å². The first-order valence-corrected chi connectivity index (χ1v) is 7.82. The number of nitrogens with one attached hydrogen (secondary N) is 1. The summed E-state index contributed by atoms with van der Waals surface area (Å²) in [6, 6.07) is -0.246. The number of ether oxygens (including phenoxy) is 1. The third-order valence-corrected chi connectivity index (χ3v) is 4.17. The van der Waals surface area contributed by atoms with Crippen LogP contribution in [0.1, 0.15) is 31.0 Å². The first-order valence-electron chi connectivity index (χ1n) is 7.82. The van der Waals surface area contributed by atoms with Gasteiger partial charge in [0, 0.05) is 20.1 Å². The number of carbonyl (C=O) groups is 2. The van der Waals surface area contributed by atoms with Crippen LogP contribution in [0.15, 0.2) is 0 Å². The van der Waals surface area contributed by atoms with E-state index in [0.717, 1.165) is 17.7 Å². The van der Waals surface area contributed by atoms with Crippen LogP contribution in [0.3, 0.4) is 0 Å². The average Bonchev–Trinajstić information content (AvgIpc) is 2.87. The molecule has 0 spiro atoms. The minimum absolute atomic E-state index is 0.246. The fourth-order valence-corrected chi connectivity index (χ4v) is 2.96. The Kier molecular flexibility index (Phi) is 5.46. The van der Waals surface area contributed by atoms with E-state index in [1.54, 1.807) is 23.7 Å². The molecule has 128 valence electrons. The number of carbonyl (C=O) groups excluding carboxylic acids is 1. The van der Waals surface area contributed by atoms with Crippen LogP contribution in [0.4, 0.5) is 4.79 Å².